The van der Waals surface area contributed by atoms with Crippen molar-refractivity contribution in [2.24, 2.45) is 0 Å². The van der Waals surface area contributed by atoms with E-state index in [9.17, 15) is 4.79 Å². The molecule has 0 radical (unpaired) electrons. The van der Waals surface area contributed by atoms with Gasteiger partial charge in [-0.1, -0.05) is 60.2 Å². The standard InChI is InChI=1S/C22H18N4O3/c1-16-9-11-17(12-10-16)15-29-22(27)20(14-19-8-5-13-28-19)26-21(23-24-25-26)18-6-3-2-4-7-18/h2-14H,15H2,1H3. The summed E-state index contributed by atoms with van der Waals surface area (Å²) in [6.45, 7) is 2.14. The molecule has 0 saturated heterocycles. The number of esters is 1. The van der Waals surface area contributed by atoms with Crippen LogP contribution in [0.5, 0.6) is 0 Å². The van der Waals surface area contributed by atoms with Crippen molar-refractivity contribution in [3.63, 3.8) is 0 Å². The van der Waals surface area contributed by atoms with Crippen LogP contribution in [0.25, 0.3) is 23.2 Å². The Labute approximate surface area is 167 Å². The van der Waals surface area contributed by atoms with E-state index in [-0.39, 0.29) is 12.3 Å². The van der Waals surface area contributed by atoms with Crippen molar-refractivity contribution >= 4 is 17.7 Å². The fourth-order valence-corrected chi connectivity index (χ4v) is 2.74. The summed E-state index contributed by atoms with van der Waals surface area (Å²) in [5.74, 6) is 0.351. The molecular formula is C22H18N4O3. The summed E-state index contributed by atoms with van der Waals surface area (Å²) in [4.78, 5) is 12.9. The number of hydrogen-bond acceptors (Lipinski definition) is 6. The quantitative estimate of drug-likeness (QED) is 0.368. The van der Waals surface area contributed by atoms with Gasteiger partial charge < -0.3 is 9.15 Å². The number of tetrazole rings is 1. The zero-order valence-electron chi connectivity index (χ0n) is 15.7. The fourth-order valence-electron chi connectivity index (χ4n) is 2.74. The SMILES string of the molecule is Cc1ccc(COC(=O)C(=Cc2ccco2)n2nnnc2-c2ccccc2)cc1. The van der Waals surface area contributed by atoms with Crippen molar-refractivity contribution in [1.29, 1.82) is 0 Å². The Kier molecular flexibility index (Phi) is 5.29. The number of nitrogens with zero attached hydrogens (tertiary/aromatic N) is 4. The van der Waals surface area contributed by atoms with Gasteiger partial charge in [-0.05, 0) is 35.0 Å². The lowest BCUT2D eigenvalue weighted by atomic mass is 10.2. The summed E-state index contributed by atoms with van der Waals surface area (Å²) in [5, 5.41) is 11.8. The van der Waals surface area contributed by atoms with Crippen molar-refractivity contribution < 1.29 is 13.9 Å². The molecule has 29 heavy (non-hydrogen) atoms. The molecule has 0 aliphatic rings. The van der Waals surface area contributed by atoms with E-state index in [1.54, 1.807) is 18.2 Å². The molecule has 0 atom stereocenters. The van der Waals surface area contributed by atoms with Gasteiger partial charge in [0.1, 0.15) is 12.4 Å². The van der Waals surface area contributed by atoms with Crippen molar-refractivity contribution in [2.75, 3.05) is 0 Å². The van der Waals surface area contributed by atoms with Crippen LogP contribution in [0, 0.1) is 6.92 Å². The van der Waals surface area contributed by atoms with Crippen LogP contribution >= 0.6 is 0 Å². The molecule has 0 N–H and O–H groups in total. The highest BCUT2D eigenvalue weighted by Gasteiger charge is 2.21. The van der Waals surface area contributed by atoms with E-state index in [1.165, 1.54) is 10.9 Å². The molecule has 0 aliphatic heterocycles. The second kappa shape index (κ2) is 8.35. The second-order valence-electron chi connectivity index (χ2n) is 6.39. The Morgan fingerprint density at radius 1 is 1.07 bits per heavy atom. The van der Waals surface area contributed by atoms with Crippen LogP contribution < -0.4 is 0 Å². The third-order valence-electron chi connectivity index (χ3n) is 4.25. The molecule has 0 fully saturated rings. The Hall–Kier alpha value is -4.00. The molecule has 0 aliphatic carbocycles. The van der Waals surface area contributed by atoms with E-state index in [2.05, 4.69) is 15.5 Å². The van der Waals surface area contributed by atoms with Gasteiger partial charge in [0.2, 0.25) is 0 Å². The Morgan fingerprint density at radius 3 is 2.59 bits per heavy atom. The van der Waals surface area contributed by atoms with Gasteiger partial charge in [-0.2, -0.15) is 4.68 Å². The van der Waals surface area contributed by atoms with Crippen LogP contribution in [0.15, 0.2) is 77.4 Å². The van der Waals surface area contributed by atoms with Crippen LogP contribution in [0.1, 0.15) is 16.9 Å². The van der Waals surface area contributed by atoms with Gasteiger partial charge in [-0.3, -0.25) is 0 Å². The predicted octanol–water partition coefficient (Wildman–Crippen LogP) is 3.98. The smallest absolute Gasteiger partial charge is 0.357 e. The molecule has 0 bridgehead atoms. The minimum Gasteiger partial charge on any atom is -0.465 e. The van der Waals surface area contributed by atoms with Gasteiger partial charge in [-0.25, -0.2) is 4.79 Å². The highest BCUT2D eigenvalue weighted by atomic mass is 16.5. The fraction of sp³-hybridized carbons (Fsp3) is 0.0909. The van der Waals surface area contributed by atoms with Gasteiger partial charge in [0, 0.05) is 11.6 Å². The monoisotopic (exact) mass is 386 g/mol. The molecule has 0 unspecified atom stereocenters. The molecule has 2 heterocycles. The summed E-state index contributed by atoms with van der Waals surface area (Å²) < 4.78 is 12.3. The van der Waals surface area contributed by atoms with Crippen molar-refractivity contribution in [2.45, 2.75) is 13.5 Å². The summed E-state index contributed by atoms with van der Waals surface area (Å²) >= 11 is 0. The first kappa shape index (κ1) is 18.4. The molecule has 7 heteroatoms. The minimum atomic E-state index is -0.563. The zero-order valence-corrected chi connectivity index (χ0v) is 15.7. The molecule has 4 rings (SSSR count). The maximum Gasteiger partial charge on any atom is 0.357 e. The van der Waals surface area contributed by atoms with Crippen LogP contribution in [-0.4, -0.2) is 26.2 Å². The molecule has 4 aromatic rings. The van der Waals surface area contributed by atoms with Gasteiger partial charge >= 0.3 is 5.97 Å². The van der Waals surface area contributed by atoms with E-state index in [1.807, 2.05) is 61.5 Å². The van der Waals surface area contributed by atoms with Crippen molar-refractivity contribution in [1.82, 2.24) is 20.2 Å². The number of hydrogen-bond donors (Lipinski definition) is 0. The van der Waals surface area contributed by atoms with Crippen molar-refractivity contribution in [3.8, 4) is 11.4 Å². The van der Waals surface area contributed by atoms with Gasteiger partial charge in [0.25, 0.3) is 0 Å². The zero-order chi connectivity index (χ0) is 20.1. The number of aromatic nitrogens is 4. The first-order valence-corrected chi connectivity index (χ1v) is 9.03. The molecule has 0 saturated carbocycles. The van der Waals surface area contributed by atoms with Crippen LogP contribution in [0.2, 0.25) is 0 Å². The van der Waals surface area contributed by atoms with Crippen LogP contribution in [-0.2, 0) is 16.1 Å². The number of carbonyl (C=O) groups is 1. The number of furan rings is 1. The number of benzene rings is 2. The van der Waals surface area contributed by atoms with E-state index in [0.29, 0.717) is 11.6 Å². The largest absolute Gasteiger partial charge is 0.465 e. The molecular weight excluding hydrogens is 368 g/mol. The third kappa shape index (κ3) is 4.30. The highest BCUT2D eigenvalue weighted by Crippen LogP contribution is 2.21. The Balaban J connectivity index is 1.65. The molecule has 7 nitrogen and oxygen atoms in total. The lowest BCUT2D eigenvalue weighted by Crippen LogP contribution is -2.15. The third-order valence-corrected chi connectivity index (χ3v) is 4.25. The van der Waals surface area contributed by atoms with Gasteiger partial charge in [0.05, 0.1) is 6.26 Å². The van der Waals surface area contributed by atoms with E-state index in [0.717, 1.165) is 16.7 Å². The molecule has 2 aromatic carbocycles. The number of aryl methyl sites for hydroxylation is 1. The lowest BCUT2D eigenvalue weighted by molar-refractivity contribution is -0.138. The van der Waals surface area contributed by atoms with E-state index >= 15 is 0 Å². The molecule has 0 spiro atoms. The number of rotatable bonds is 6. The van der Waals surface area contributed by atoms with E-state index in [4.69, 9.17) is 9.15 Å². The van der Waals surface area contributed by atoms with E-state index < -0.39 is 5.97 Å². The maximum atomic E-state index is 12.9. The summed E-state index contributed by atoms with van der Waals surface area (Å²) in [7, 11) is 0. The number of ether oxygens (including phenoxy) is 1. The first-order valence-electron chi connectivity index (χ1n) is 9.03. The normalized spacial score (nSPS) is 11.4. The topological polar surface area (TPSA) is 83.0 Å². The van der Waals surface area contributed by atoms with Crippen molar-refractivity contribution in [3.05, 3.63) is 89.9 Å². The lowest BCUT2D eigenvalue weighted by Gasteiger charge is -2.10. The number of carbonyl (C=O) groups excluding carboxylic acids is 1. The Bertz CT molecular complexity index is 1110. The average molecular weight is 386 g/mol. The Morgan fingerprint density at radius 2 is 1.86 bits per heavy atom. The summed E-state index contributed by atoms with van der Waals surface area (Å²) in [5.41, 5.74) is 2.95. The van der Waals surface area contributed by atoms with Crippen LogP contribution in [0.4, 0.5) is 0 Å². The minimum absolute atomic E-state index is 0.136. The second-order valence-corrected chi connectivity index (χ2v) is 6.39. The van der Waals surface area contributed by atoms with Gasteiger partial charge in [0.15, 0.2) is 11.5 Å². The van der Waals surface area contributed by atoms with Gasteiger partial charge in [-0.15, -0.1) is 5.10 Å². The highest BCUT2D eigenvalue weighted by molar-refractivity contribution is 6.15. The predicted molar refractivity (Wildman–Crippen MR) is 107 cm³/mol. The summed E-state index contributed by atoms with van der Waals surface area (Å²) in [6, 6.07) is 20.6. The molecule has 144 valence electrons. The molecule has 0 amide bonds. The maximum absolute atomic E-state index is 12.9. The first-order chi connectivity index (χ1) is 14.2. The van der Waals surface area contributed by atoms with Crippen LogP contribution in [0.3, 0.4) is 0 Å². The average Bonchev–Trinajstić information content (AvgIpc) is 3.44. The molecule has 2 aromatic heterocycles. The summed E-state index contributed by atoms with van der Waals surface area (Å²) in [6.07, 6.45) is 3.08.